The van der Waals surface area contributed by atoms with Crippen molar-refractivity contribution in [3.63, 3.8) is 0 Å². The minimum atomic E-state index is -1.60. The molecule has 4 rings (SSSR count). The van der Waals surface area contributed by atoms with Crippen molar-refractivity contribution in [2.24, 2.45) is 21.1 Å². The quantitative estimate of drug-likeness (QED) is 0.584. The molecule has 4 aromatic rings. The predicted octanol–water partition coefficient (Wildman–Crippen LogP) is 1.25. The second-order valence-corrected chi connectivity index (χ2v) is 6.81. The third-order valence-corrected chi connectivity index (χ3v) is 5.18. The highest BCUT2D eigenvalue weighted by Crippen LogP contribution is 2.36. The maximum absolute atomic E-state index is 12.7. The number of imidazole rings is 1. The first-order chi connectivity index (χ1) is 13.4. The number of hydrogen-bond acceptors (Lipinski definition) is 4. The fraction of sp³-hybridized carbons (Fsp3) is 0.190. The Labute approximate surface area is 160 Å². The topological polar surface area (TPSA) is 82.1 Å². The lowest BCUT2D eigenvalue weighted by Gasteiger charge is -2.28. The van der Waals surface area contributed by atoms with Gasteiger partial charge >= 0.3 is 5.69 Å². The second kappa shape index (κ2) is 6.31. The molecule has 0 atom stereocenters. The van der Waals surface area contributed by atoms with Crippen LogP contribution in [0.3, 0.4) is 0 Å². The summed E-state index contributed by atoms with van der Waals surface area (Å²) in [5.74, 6) is 0.262. The van der Waals surface area contributed by atoms with E-state index in [-0.39, 0.29) is 17.0 Å². The van der Waals surface area contributed by atoms with E-state index >= 15 is 0 Å². The number of aliphatic hydroxyl groups is 1. The molecule has 0 aliphatic rings. The summed E-state index contributed by atoms with van der Waals surface area (Å²) in [7, 11) is 4.66. The van der Waals surface area contributed by atoms with E-state index in [0.717, 1.165) is 4.57 Å². The van der Waals surface area contributed by atoms with Crippen molar-refractivity contribution < 1.29 is 5.11 Å². The SMILES string of the molecule is Cn1c(=O)c2c(nc(C(O)(c3ccccc3)c3ccccc3)n2C)n(C)c1=O. The maximum Gasteiger partial charge on any atom is 0.332 e. The summed E-state index contributed by atoms with van der Waals surface area (Å²) in [6, 6.07) is 18.3. The van der Waals surface area contributed by atoms with Crippen molar-refractivity contribution in [1.29, 1.82) is 0 Å². The number of aryl methyl sites for hydroxylation is 2. The minimum absolute atomic E-state index is 0.232. The summed E-state index contributed by atoms with van der Waals surface area (Å²) in [6.45, 7) is 0. The summed E-state index contributed by atoms with van der Waals surface area (Å²) < 4.78 is 3.92. The van der Waals surface area contributed by atoms with Gasteiger partial charge in [-0.1, -0.05) is 60.7 Å². The zero-order chi connectivity index (χ0) is 20.1. The predicted molar refractivity (Wildman–Crippen MR) is 106 cm³/mol. The molecule has 0 bridgehead atoms. The van der Waals surface area contributed by atoms with Crippen LogP contribution in [0.4, 0.5) is 0 Å². The molecule has 0 amide bonds. The number of rotatable bonds is 3. The van der Waals surface area contributed by atoms with E-state index in [1.807, 2.05) is 60.7 Å². The Morgan fingerprint density at radius 2 is 1.29 bits per heavy atom. The van der Waals surface area contributed by atoms with Crippen LogP contribution in [0.5, 0.6) is 0 Å². The summed E-state index contributed by atoms with van der Waals surface area (Å²) in [6.07, 6.45) is 0. The number of fused-ring (bicyclic) bond motifs is 1. The lowest BCUT2D eigenvalue weighted by atomic mass is 9.85. The molecule has 0 aliphatic heterocycles. The van der Waals surface area contributed by atoms with E-state index < -0.39 is 16.9 Å². The van der Waals surface area contributed by atoms with E-state index in [4.69, 9.17) is 0 Å². The Bertz CT molecular complexity index is 1250. The molecule has 0 saturated carbocycles. The Kier molecular flexibility index (Phi) is 4.05. The van der Waals surface area contributed by atoms with Crippen molar-refractivity contribution in [3.8, 4) is 0 Å². The first-order valence-electron chi connectivity index (χ1n) is 8.83. The average molecular weight is 376 g/mol. The van der Waals surface area contributed by atoms with Gasteiger partial charge in [-0.05, 0) is 11.1 Å². The number of aromatic nitrogens is 4. The first kappa shape index (κ1) is 17.9. The molecule has 2 aromatic carbocycles. The van der Waals surface area contributed by atoms with Gasteiger partial charge in [0.2, 0.25) is 0 Å². The largest absolute Gasteiger partial charge is 0.373 e. The molecular weight excluding hydrogens is 356 g/mol. The zero-order valence-corrected chi connectivity index (χ0v) is 15.8. The van der Waals surface area contributed by atoms with E-state index in [1.54, 1.807) is 18.7 Å². The van der Waals surface area contributed by atoms with Crippen LogP contribution >= 0.6 is 0 Å². The van der Waals surface area contributed by atoms with Crippen LogP contribution < -0.4 is 11.2 Å². The zero-order valence-electron chi connectivity index (χ0n) is 15.8. The molecule has 7 heteroatoms. The standard InChI is InChI=1S/C21H20N4O3/c1-23-16-17(24(2)20(27)25(3)18(16)26)22-19(23)21(28,14-10-6-4-7-11-14)15-12-8-5-9-13-15/h4-13,28H,1-3H3. The van der Waals surface area contributed by atoms with Crippen molar-refractivity contribution in [1.82, 2.24) is 18.7 Å². The molecule has 0 saturated heterocycles. The van der Waals surface area contributed by atoms with Crippen molar-refractivity contribution in [2.45, 2.75) is 5.60 Å². The van der Waals surface area contributed by atoms with Crippen LogP contribution in [0, 0.1) is 0 Å². The highest BCUT2D eigenvalue weighted by Gasteiger charge is 2.39. The van der Waals surface area contributed by atoms with Gasteiger partial charge in [-0.15, -0.1) is 0 Å². The van der Waals surface area contributed by atoms with Crippen LogP contribution in [0.15, 0.2) is 70.3 Å². The molecule has 0 unspecified atom stereocenters. The van der Waals surface area contributed by atoms with Gasteiger partial charge in [0.15, 0.2) is 22.6 Å². The maximum atomic E-state index is 12.7. The van der Waals surface area contributed by atoms with Crippen molar-refractivity contribution in [3.05, 3.63) is 98.5 Å². The number of nitrogens with zero attached hydrogens (tertiary/aromatic N) is 4. The Morgan fingerprint density at radius 1 is 0.786 bits per heavy atom. The van der Waals surface area contributed by atoms with E-state index in [0.29, 0.717) is 11.1 Å². The van der Waals surface area contributed by atoms with Crippen molar-refractivity contribution >= 4 is 11.2 Å². The first-order valence-corrected chi connectivity index (χ1v) is 8.83. The molecule has 0 spiro atoms. The van der Waals surface area contributed by atoms with Gasteiger partial charge in [0, 0.05) is 21.1 Å². The molecule has 0 fully saturated rings. The van der Waals surface area contributed by atoms with Crippen LogP contribution in [0.1, 0.15) is 17.0 Å². The highest BCUT2D eigenvalue weighted by atomic mass is 16.3. The van der Waals surface area contributed by atoms with E-state index in [2.05, 4.69) is 4.98 Å². The molecule has 2 aromatic heterocycles. The molecule has 0 aliphatic carbocycles. The highest BCUT2D eigenvalue weighted by molar-refractivity contribution is 5.72. The normalized spacial score (nSPS) is 11.9. The van der Waals surface area contributed by atoms with Crippen LogP contribution in [0.25, 0.3) is 11.2 Å². The molecule has 2 heterocycles. The molecule has 28 heavy (non-hydrogen) atoms. The molecular formula is C21H20N4O3. The monoisotopic (exact) mass is 376 g/mol. The second-order valence-electron chi connectivity index (χ2n) is 6.81. The Hall–Kier alpha value is -3.45. The summed E-state index contributed by atoms with van der Waals surface area (Å²) in [5, 5.41) is 11.9. The third-order valence-electron chi connectivity index (χ3n) is 5.18. The van der Waals surface area contributed by atoms with Crippen LogP contribution in [0.2, 0.25) is 0 Å². The fourth-order valence-electron chi connectivity index (χ4n) is 3.63. The average Bonchev–Trinajstić information content (AvgIpc) is 3.09. The van der Waals surface area contributed by atoms with Gasteiger partial charge < -0.3 is 9.67 Å². The van der Waals surface area contributed by atoms with Crippen LogP contribution in [-0.4, -0.2) is 23.8 Å². The molecule has 7 nitrogen and oxygen atoms in total. The van der Waals surface area contributed by atoms with Crippen molar-refractivity contribution in [2.75, 3.05) is 0 Å². The van der Waals surface area contributed by atoms with Crippen LogP contribution in [-0.2, 0) is 26.7 Å². The summed E-state index contributed by atoms with van der Waals surface area (Å²) in [4.78, 5) is 29.6. The van der Waals surface area contributed by atoms with E-state index in [1.165, 1.54) is 11.6 Å². The smallest absolute Gasteiger partial charge is 0.332 e. The van der Waals surface area contributed by atoms with Gasteiger partial charge in [0.25, 0.3) is 5.56 Å². The Balaban J connectivity index is 2.15. The van der Waals surface area contributed by atoms with Gasteiger partial charge in [0.1, 0.15) is 0 Å². The van der Waals surface area contributed by atoms with Gasteiger partial charge in [-0.25, -0.2) is 9.78 Å². The van der Waals surface area contributed by atoms with E-state index in [9.17, 15) is 14.7 Å². The summed E-state index contributed by atoms with van der Waals surface area (Å²) in [5.41, 5.74) is -0.811. The van der Waals surface area contributed by atoms with Gasteiger partial charge in [-0.3, -0.25) is 13.9 Å². The molecule has 0 radical (unpaired) electrons. The van der Waals surface area contributed by atoms with Gasteiger partial charge in [-0.2, -0.15) is 0 Å². The number of benzene rings is 2. The Morgan fingerprint density at radius 3 is 1.79 bits per heavy atom. The summed E-state index contributed by atoms with van der Waals surface area (Å²) >= 11 is 0. The lowest BCUT2D eigenvalue weighted by Crippen LogP contribution is -2.37. The minimum Gasteiger partial charge on any atom is -0.373 e. The van der Waals surface area contributed by atoms with Gasteiger partial charge in [0.05, 0.1) is 0 Å². The third kappa shape index (κ3) is 2.36. The number of hydrogen-bond donors (Lipinski definition) is 1. The fourth-order valence-corrected chi connectivity index (χ4v) is 3.63. The molecule has 142 valence electrons. The molecule has 1 N–H and O–H groups in total. The lowest BCUT2D eigenvalue weighted by molar-refractivity contribution is 0.113.